The number of amides is 2. The molecule has 3 aromatic rings. The lowest BCUT2D eigenvalue weighted by molar-refractivity contribution is -0.143. The summed E-state index contributed by atoms with van der Waals surface area (Å²) in [5.74, 6) is 0.798. The Hall–Kier alpha value is -3.32. The van der Waals surface area contributed by atoms with Gasteiger partial charge in [0.1, 0.15) is 12.4 Å². The van der Waals surface area contributed by atoms with E-state index in [1.54, 1.807) is 4.90 Å². The first kappa shape index (κ1) is 26.3. The fraction of sp³-hybridized carbons (Fsp3) is 0.429. The van der Waals surface area contributed by atoms with E-state index in [9.17, 15) is 9.59 Å². The van der Waals surface area contributed by atoms with E-state index < -0.39 is 0 Å². The molecule has 0 fully saturated rings. The fourth-order valence-corrected chi connectivity index (χ4v) is 4.14. The van der Waals surface area contributed by atoms with Gasteiger partial charge in [0, 0.05) is 43.8 Å². The van der Waals surface area contributed by atoms with Crippen molar-refractivity contribution in [3.8, 4) is 5.75 Å². The summed E-state index contributed by atoms with van der Waals surface area (Å²) in [5, 5.41) is 1.16. The number of benzene rings is 2. The van der Waals surface area contributed by atoms with E-state index in [-0.39, 0.29) is 30.9 Å². The number of rotatable bonds is 13. The minimum absolute atomic E-state index is 0.0330. The van der Waals surface area contributed by atoms with Crippen LogP contribution in [0.1, 0.15) is 31.9 Å². The van der Waals surface area contributed by atoms with E-state index in [2.05, 4.69) is 11.1 Å². The third-order valence-corrected chi connectivity index (χ3v) is 5.82. The number of aromatic amines is 1. The lowest BCUT2D eigenvalue weighted by Gasteiger charge is -2.29. The van der Waals surface area contributed by atoms with Crippen LogP contribution in [-0.4, -0.2) is 66.6 Å². The van der Waals surface area contributed by atoms with Gasteiger partial charge in [-0.3, -0.25) is 9.59 Å². The minimum Gasteiger partial charge on any atom is -0.494 e. The van der Waals surface area contributed by atoms with Crippen molar-refractivity contribution in [1.29, 1.82) is 0 Å². The Morgan fingerprint density at radius 1 is 1.00 bits per heavy atom. The molecule has 0 aliphatic rings. The molecule has 1 heterocycles. The van der Waals surface area contributed by atoms with Gasteiger partial charge < -0.3 is 24.3 Å². The third-order valence-electron chi connectivity index (χ3n) is 5.82. The Morgan fingerprint density at radius 2 is 1.74 bits per heavy atom. The van der Waals surface area contributed by atoms with E-state index >= 15 is 0 Å². The summed E-state index contributed by atoms with van der Waals surface area (Å²) < 4.78 is 10.6. The molecule has 0 bridgehead atoms. The van der Waals surface area contributed by atoms with Crippen molar-refractivity contribution in [2.45, 2.75) is 33.7 Å². The number of aromatic nitrogens is 1. The number of carbonyl (C=O) groups is 2. The Morgan fingerprint density at radius 3 is 2.43 bits per heavy atom. The molecule has 3 rings (SSSR count). The van der Waals surface area contributed by atoms with Gasteiger partial charge in [0.25, 0.3) is 0 Å². The smallest absolute Gasteiger partial charge is 0.249 e. The van der Waals surface area contributed by atoms with Gasteiger partial charge in [0.15, 0.2) is 0 Å². The molecule has 0 spiro atoms. The first-order chi connectivity index (χ1) is 16.9. The number of hydrogen-bond acceptors (Lipinski definition) is 4. The highest BCUT2D eigenvalue weighted by molar-refractivity contribution is 5.86. The maximum absolute atomic E-state index is 13.5. The van der Waals surface area contributed by atoms with Gasteiger partial charge in [-0.1, -0.05) is 44.2 Å². The molecule has 188 valence electrons. The summed E-state index contributed by atoms with van der Waals surface area (Å²) in [6.07, 6.45) is 2.72. The number of hydrogen-bond donors (Lipinski definition) is 1. The average Bonchev–Trinajstić information content (AvgIpc) is 3.25. The molecule has 1 N–H and O–H groups in total. The fourth-order valence-electron chi connectivity index (χ4n) is 4.14. The Kier molecular flexibility index (Phi) is 9.73. The highest BCUT2D eigenvalue weighted by Crippen LogP contribution is 2.19. The molecule has 35 heavy (non-hydrogen) atoms. The Labute approximate surface area is 208 Å². The summed E-state index contributed by atoms with van der Waals surface area (Å²) in [5.41, 5.74) is 3.26. The summed E-state index contributed by atoms with van der Waals surface area (Å²) in [6.45, 7) is 8.14. The molecule has 0 atom stereocenters. The van der Waals surface area contributed by atoms with Crippen molar-refractivity contribution < 1.29 is 19.1 Å². The van der Waals surface area contributed by atoms with Gasteiger partial charge in [0.2, 0.25) is 11.8 Å². The van der Waals surface area contributed by atoms with Gasteiger partial charge >= 0.3 is 0 Å². The molecule has 2 amide bonds. The number of methoxy groups -OCH3 is 1. The van der Waals surface area contributed by atoms with Crippen molar-refractivity contribution >= 4 is 22.7 Å². The van der Waals surface area contributed by atoms with E-state index in [1.807, 2.05) is 74.3 Å². The zero-order valence-electron chi connectivity index (χ0n) is 21.3. The SMILES string of the molecule is CCOc1ccc(CN(CCc2c[nH]c3ccccc23)C(=O)CN(CC(C)C)C(=O)COC)cc1. The van der Waals surface area contributed by atoms with Crippen molar-refractivity contribution in [3.63, 3.8) is 0 Å². The molecule has 1 aromatic heterocycles. The van der Waals surface area contributed by atoms with Crippen LogP contribution in [0.3, 0.4) is 0 Å². The summed E-state index contributed by atoms with van der Waals surface area (Å²) >= 11 is 0. The van der Waals surface area contributed by atoms with Crippen molar-refractivity contribution in [2.24, 2.45) is 5.92 Å². The molecule has 2 aromatic carbocycles. The van der Waals surface area contributed by atoms with Crippen LogP contribution in [0.25, 0.3) is 10.9 Å². The molecule has 7 heteroatoms. The first-order valence-electron chi connectivity index (χ1n) is 12.2. The van der Waals surface area contributed by atoms with Gasteiger partial charge in [-0.15, -0.1) is 0 Å². The highest BCUT2D eigenvalue weighted by Gasteiger charge is 2.22. The molecule has 0 aliphatic carbocycles. The van der Waals surface area contributed by atoms with Crippen LogP contribution in [0, 0.1) is 5.92 Å². The average molecular weight is 480 g/mol. The van der Waals surface area contributed by atoms with Gasteiger partial charge in [-0.2, -0.15) is 0 Å². The van der Waals surface area contributed by atoms with Crippen LogP contribution in [0.2, 0.25) is 0 Å². The Bertz CT molecular complexity index is 1090. The monoisotopic (exact) mass is 479 g/mol. The second kappa shape index (κ2) is 13.0. The topological polar surface area (TPSA) is 74.9 Å². The lowest BCUT2D eigenvalue weighted by Crippen LogP contribution is -2.45. The van der Waals surface area contributed by atoms with Crippen molar-refractivity contribution in [1.82, 2.24) is 14.8 Å². The first-order valence-corrected chi connectivity index (χ1v) is 12.2. The number of carbonyl (C=O) groups excluding carboxylic acids is 2. The largest absolute Gasteiger partial charge is 0.494 e. The summed E-state index contributed by atoms with van der Waals surface area (Å²) in [4.78, 5) is 32.8. The quantitative estimate of drug-likeness (QED) is 0.397. The third kappa shape index (κ3) is 7.59. The minimum atomic E-state index is -0.174. The molecule has 0 unspecified atom stereocenters. The van der Waals surface area contributed by atoms with Crippen LogP contribution in [0.5, 0.6) is 5.75 Å². The van der Waals surface area contributed by atoms with Crippen LogP contribution < -0.4 is 4.74 Å². The van der Waals surface area contributed by atoms with Crippen molar-refractivity contribution in [2.75, 3.05) is 40.0 Å². The molecule has 7 nitrogen and oxygen atoms in total. The number of nitrogens with zero attached hydrogens (tertiary/aromatic N) is 2. The number of H-pyrrole nitrogens is 1. The molecule has 0 saturated carbocycles. The number of fused-ring (bicyclic) bond motifs is 1. The molecule has 0 radical (unpaired) electrons. The van der Waals surface area contributed by atoms with Gasteiger partial charge in [-0.25, -0.2) is 0 Å². The molecule has 0 aliphatic heterocycles. The zero-order chi connectivity index (χ0) is 25.2. The molecule has 0 saturated heterocycles. The van der Waals surface area contributed by atoms with Crippen LogP contribution in [0.15, 0.2) is 54.7 Å². The lowest BCUT2D eigenvalue weighted by atomic mass is 10.1. The van der Waals surface area contributed by atoms with E-state index in [4.69, 9.17) is 9.47 Å². The van der Waals surface area contributed by atoms with E-state index in [0.717, 1.165) is 22.2 Å². The van der Waals surface area contributed by atoms with E-state index in [1.165, 1.54) is 12.7 Å². The Balaban J connectivity index is 1.78. The molecular weight excluding hydrogens is 442 g/mol. The maximum atomic E-state index is 13.5. The second-order valence-corrected chi connectivity index (χ2v) is 9.10. The van der Waals surface area contributed by atoms with E-state index in [0.29, 0.717) is 32.7 Å². The summed E-state index contributed by atoms with van der Waals surface area (Å²) in [6, 6.07) is 16.0. The van der Waals surface area contributed by atoms with Crippen LogP contribution in [0.4, 0.5) is 0 Å². The van der Waals surface area contributed by atoms with Gasteiger partial charge in [0.05, 0.1) is 13.2 Å². The van der Waals surface area contributed by atoms with Gasteiger partial charge in [-0.05, 0) is 48.6 Å². The standard InChI is InChI=1S/C28H37N3O4/c1-5-35-24-12-10-22(11-13-24)18-30(15-14-23-16-29-26-9-7-6-8-25(23)26)27(32)19-31(17-21(2)3)28(33)20-34-4/h6-13,16,21,29H,5,14-15,17-20H2,1-4H3. The predicted octanol–water partition coefficient (Wildman–Crippen LogP) is 4.27. The number of para-hydroxylation sites is 1. The second-order valence-electron chi connectivity index (χ2n) is 9.10. The van der Waals surface area contributed by atoms with Crippen molar-refractivity contribution in [3.05, 3.63) is 65.9 Å². The highest BCUT2D eigenvalue weighted by atomic mass is 16.5. The molecular formula is C28H37N3O4. The number of ether oxygens (including phenoxy) is 2. The zero-order valence-corrected chi connectivity index (χ0v) is 21.3. The summed E-state index contributed by atoms with van der Waals surface area (Å²) in [7, 11) is 1.49. The van der Waals surface area contributed by atoms with Crippen LogP contribution in [-0.2, 0) is 27.3 Å². The normalized spacial score (nSPS) is 11.1. The predicted molar refractivity (Wildman–Crippen MR) is 138 cm³/mol. The number of nitrogens with one attached hydrogen (secondary N) is 1. The van der Waals surface area contributed by atoms with Crippen LogP contribution >= 0.6 is 0 Å². The maximum Gasteiger partial charge on any atom is 0.249 e.